The molecule has 1 aliphatic carbocycles. The van der Waals surface area contributed by atoms with E-state index in [9.17, 15) is 22.4 Å². The third kappa shape index (κ3) is 8.29. The first-order chi connectivity index (χ1) is 20.2. The summed E-state index contributed by atoms with van der Waals surface area (Å²) < 4.78 is 44.3. The van der Waals surface area contributed by atoms with Crippen LogP contribution in [0.2, 0.25) is 0 Å². The van der Waals surface area contributed by atoms with Gasteiger partial charge in [-0.15, -0.1) is 0 Å². The van der Waals surface area contributed by atoms with E-state index in [4.69, 9.17) is 0 Å². The number of carbonyl (C=O) groups is 2. The third-order valence-electron chi connectivity index (χ3n) is 7.74. The molecule has 1 fully saturated rings. The van der Waals surface area contributed by atoms with Crippen LogP contribution in [0.5, 0.6) is 0 Å². The van der Waals surface area contributed by atoms with Gasteiger partial charge >= 0.3 is 0 Å². The van der Waals surface area contributed by atoms with E-state index in [2.05, 4.69) is 9.88 Å². The van der Waals surface area contributed by atoms with Gasteiger partial charge in [0.15, 0.2) is 0 Å². The summed E-state index contributed by atoms with van der Waals surface area (Å²) >= 11 is 0. The Balaban J connectivity index is 1.57. The van der Waals surface area contributed by atoms with Gasteiger partial charge in [-0.05, 0) is 73.4 Å². The number of unbranched alkanes of at least 4 members (excludes halogenated alkanes) is 1. The van der Waals surface area contributed by atoms with Gasteiger partial charge in [0.1, 0.15) is 5.82 Å². The molecule has 10 heteroatoms. The Morgan fingerprint density at radius 3 is 2.33 bits per heavy atom. The van der Waals surface area contributed by atoms with Crippen LogP contribution in [0.25, 0.3) is 0 Å². The number of sulfonamides is 1. The average molecular weight is 597 g/mol. The number of anilines is 1. The van der Waals surface area contributed by atoms with Crippen LogP contribution in [0.3, 0.4) is 0 Å². The molecule has 2 aromatic carbocycles. The molecule has 4 rings (SSSR count). The molecule has 42 heavy (non-hydrogen) atoms. The lowest BCUT2D eigenvalue weighted by molar-refractivity contribution is -0.135. The number of halogens is 1. The normalized spacial score (nSPS) is 14.2. The van der Waals surface area contributed by atoms with E-state index in [1.807, 2.05) is 30.2 Å². The quantitative estimate of drug-likeness (QED) is 0.271. The van der Waals surface area contributed by atoms with Crippen molar-refractivity contribution in [1.82, 2.24) is 13.8 Å². The lowest BCUT2D eigenvalue weighted by Crippen LogP contribution is -2.47. The Kier molecular flexibility index (Phi) is 10.9. The molecule has 0 saturated heterocycles. The minimum Gasteiger partial charge on any atom is -0.345 e. The minimum absolute atomic E-state index is 0.0353. The lowest BCUT2D eigenvalue weighted by atomic mass is 9.94. The number of rotatable bonds is 13. The zero-order valence-corrected chi connectivity index (χ0v) is 25.3. The summed E-state index contributed by atoms with van der Waals surface area (Å²) in [6.07, 6.45) is 8.32. The molecule has 0 unspecified atom stereocenters. The van der Waals surface area contributed by atoms with Crippen molar-refractivity contribution in [2.45, 2.75) is 82.8 Å². The monoisotopic (exact) mass is 596 g/mol. The maximum Gasteiger partial charge on any atom is 0.243 e. The Bertz CT molecular complexity index is 1430. The molecule has 8 nitrogen and oxygen atoms in total. The molecule has 1 aromatic heterocycles. The highest BCUT2D eigenvalue weighted by Crippen LogP contribution is 2.26. The molecule has 0 atom stereocenters. The van der Waals surface area contributed by atoms with Crippen molar-refractivity contribution in [2.24, 2.45) is 0 Å². The van der Waals surface area contributed by atoms with E-state index in [0.717, 1.165) is 49.8 Å². The summed E-state index contributed by atoms with van der Waals surface area (Å²) in [4.78, 5) is 27.4. The van der Waals surface area contributed by atoms with Crippen LogP contribution in [-0.2, 0) is 32.7 Å². The number of aromatic nitrogens is 1. The first kappa shape index (κ1) is 31.4. The maximum atomic E-state index is 14.0. The highest BCUT2D eigenvalue weighted by Gasteiger charge is 2.32. The molecule has 0 radical (unpaired) electrons. The summed E-state index contributed by atoms with van der Waals surface area (Å²) in [5, 5.41) is 2.65. The van der Waals surface area contributed by atoms with Crippen LogP contribution < -0.4 is 5.32 Å². The van der Waals surface area contributed by atoms with Gasteiger partial charge in [-0.3, -0.25) is 9.59 Å². The summed E-state index contributed by atoms with van der Waals surface area (Å²) in [5.41, 5.74) is 2.39. The topological polar surface area (TPSA) is 91.7 Å². The number of hydrogen-bond donors (Lipinski definition) is 1. The van der Waals surface area contributed by atoms with Gasteiger partial charge in [-0.1, -0.05) is 44.7 Å². The number of nitrogens with zero attached hydrogens (tertiary/aromatic N) is 3. The van der Waals surface area contributed by atoms with E-state index in [1.54, 1.807) is 24.3 Å². The van der Waals surface area contributed by atoms with Gasteiger partial charge in [0, 0.05) is 43.6 Å². The summed E-state index contributed by atoms with van der Waals surface area (Å²) in [6, 6.07) is 16.4. The first-order valence-electron chi connectivity index (χ1n) is 14.7. The molecule has 0 aliphatic heterocycles. The molecule has 2 amide bonds. The van der Waals surface area contributed by atoms with Gasteiger partial charge in [0.2, 0.25) is 21.8 Å². The van der Waals surface area contributed by atoms with Crippen LogP contribution in [-0.4, -0.2) is 53.1 Å². The summed E-state index contributed by atoms with van der Waals surface area (Å²) in [5.74, 6) is -0.745. The van der Waals surface area contributed by atoms with Crippen molar-refractivity contribution in [2.75, 3.05) is 18.4 Å². The third-order valence-corrected chi connectivity index (χ3v) is 9.60. The fourth-order valence-corrected chi connectivity index (χ4v) is 6.87. The highest BCUT2D eigenvalue weighted by atomic mass is 32.2. The van der Waals surface area contributed by atoms with Crippen molar-refractivity contribution >= 4 is 27.5 Å². The second-order valence-electron chi connectivity index (χ2n) is 11.0. The van der Waals surface area contributed by atoms with Gasteiger partial charge in [0.25, 0.3) is 0 Å². The fraction of sp³-hybridized carbons (Fsp3) is 0.438. The first-order valence-corrected chi connectivity index (χ1v) is 16.2. The second-order valence-corrected chi connectivity index (χ2v) is 12.9. The van der Waals surface area contributed by atoms with Gasteiger partial charge < -0.3 is 14.8 Å². The predicted octanol–water partition coefficient (Wildman–Crippen LogP) is 5.79. The van der Waals surface area contributed by atoms with Crippen molar-refractivity contribution in [3.8, 4) is 0 Å². The molecule has 0 bridgehead atoms. The Labute approximate surface area is 248 Å². The number of carbonyl (C=O) groups excluding carboxylic acids is 2. The zero-order valence-electron chi connectivity index (χ0n) is 24.5. The van der Waals surface area contributed by atoms with E-state index < -0.39 is 10.0 Å². The highest BCUT2D eigenvalue weighted by molar-refractivity contribution is 7.89. The fourth-order valence-electron chi connectivity index (χ4n) is 5.44. The average Bonchev–Trinajstić information content (AvgIpc) is 3.41. The van der Waals surface area contributed by atoms with E-state index in [0.29, 0.717) is 25.2 Å². The van der Waals surface area contributed by atoms with Gasteiger partial charge in [-0.25, -0.2) is 12.8 Å². The van der Waals surface area contributed by atoms with Crippen molar-refractivity contribution < 1.29 is 22.4 Å². The summed E-state index contributed by atoms with van der Waals surface area (Å²) in [6.45, 7) is 4.27. The standard InChI is InChI=1S/C32H41FN4O4S/c1-3-4-21-36(42(40,41)31-18-16-28(17-19-31)34-25(2)38)24-32(39)37(29-9-6-5-7-10-29)23-30-11-8-20-35(30)22-26-12-14-27(33)15-13-26/h8,11-20,29H,3-7,9-10,21-24H2,1-2H3,(H,34,38). The molecule has 226 valence electrons. The van der Waals surface area contributed by atoms with Gasteiger partial charge in [-0.2, -0.15) is 4.31 Å². The van der Waals surface area contributed by atoms with Crippen LogP contribution in [0.4, 0.5) is 10.1 Å². The molecule has 3 aromatic rings. The molecule has 0 spiro atoms. The zero-order chi connectivity index (χ0) is 30.1. The van der Waals surface area contributed by atoms with Crippen molar-refractivity contribution in [3.05, 3.63) is 83.9 Å². The molecular formula is C32H41FN4O4S. The number of nitrogens with one attached hydrogen (secondary N) is 1. The van der Waals surface area contributed by atoms with Crippen molar-refractivity contribution in [3.63, 3.8) is 0 Å². The maximum absolute atomic E-state index is 14.0. The van der Waals surface area contributed by atoms with E-state index in [-0.39, 0.29) is 41.7 Å². The molecule has 1 N–H and O–H groups in total. The SMILES string of the molecule is CCCCN(CC(=O)N(Cc1cccn1Cc1ccc(F)cc1)C1CCCCC1)S(=O)(=O)c1ccc(NC(C)=O)cc1. The lowest BCUT2D eigenvalue weighted by Gasteiger charge is -2.36. The minimum atomic E-state index is -3.95. The second kappa shape index (κ2) is 14.6. The van der Waals surface area contributed by atoms with Crippen molar-refractivity contribution in [1.29, 1.82) is 0 Å². The van der Waals surface area contributed by atoms with E-state index >= 15 is 0 Å². The van der Waals surface area contributed by atoms with Gasteiger partial charge in [0.05, 0.1) is 18.0 Å². The van der Waals surface area contributed by atoms with E-state index in [1.165, 1.54) is 35.5 Å². The Morgan fingerprint density at radius 1 is 1.00 bits per heavy atom. The number of benzene rings is 2. The Hall–Kier alpha value is -3.50. The summed E-state index contributed by atoms with van der Waals surface area (Å²) in [7, 11) is -3.95. The van der Waals surface area contributed by atoms with Crippen LogP contribution in [0.1, 0.15) is 70.1 Å². The van der Waals surface area contributed by atoms with Crippen LogP contribution in [0.15, 0.2) is 71.8 Å². The Morgan fingerprint density at radius 2 is 1.69 bits per heavy atom. The molecule has 1 saturated carbocycles. The molecule has 1 heterocycles. The predicted molar refractivity (Wildman–Crippen MR) is 162 cm³/mol. The molecule has 1 aliphatic rings. The smallest absolute Gasteiger partial charge is 0.243 e. The van der Waals surface area contributed by atoms with Crippen LogP contribution in [0, 0.1) is 5.82 Å². The number of hydrogen-bond acceptors (Lipinski definition) is 4. The largest absolute Gasteiger partial charge is 0.345 e. The number of amides is 2. The van der Waals surface area contributed by atoms with Crippen LogP contribution >= 0.6 is 0 Å². The molecular weight excluding hydrogens is 555 g/mol.